The minimum atomic E-state index is -1.07. The molecule has 1 aromatic carbocycles. The van der Waals surface area contributed by atoms with E-state index in [1.54, 1.807) is 41.2 Å². The van der Waals surface area contributed by atoms with E-state index in [1.165, 1.54) is 6.92 Å². The molecule has 9 heteroatoms. The third-order valence-electron chi connectivity index (χ3n) is 3.95. The minimum absolute atomic E-state index is 0.0583. The standard InChI is InChI=1S/C18H19N5O4/c1-10(2)23-14(8-9-19-23)20-16(24)11(3)27-18(26)15-12-6-4-5-7-13(12)17(25)22-21-15/h4-11H,1-3H3,(H,20,24)(H,22,25)/t11-/m0/s1. The van der Waals surface area contributed by atoms with Crippen LogP contribution in [0.2, 0.25) is 0 Å². The third-order valence-corrected chi connectivity index (χ3v) is 3.95. The van der Waals surface area contributed by atoms with Crippen molar-refractivity contribution in [2.75, 3.05) is 5.32 Å². The van der Waals surface area contributed by atoms with Gasteiger partial charge in [-0.1, -0.05) is 18.2 Å². The fraction of sp³-hybridized carbons (Fsp3) is 0.278. The second kappa shape index (κ2) is 7.40. The number of nitrogens with zero attached hydrogens (tertiary/aromatic N) is 3. The maximum Gasteiger partial charge on any atom is 0.360 e. The molecule has 0 unspecified atom stereocenters. The van der Waals surface area contributed by atoms with Gasteiger partial charge >= 0.3 is 5.97 Å². The van der Waals surface area contributed by atoms with Crippen LogP contribution in [-0.4, -0.2) is 38.0 Å². The van der Waals surface area contributed by atoms with Gasteiger partial charge in [-0.05, 0) is 26.8 Å². The maximum absolute atomic E-state index is 12.5. The summed E-state index contributed by atoms with van der Waals surface area (Å²) in [5, 5.41) is 13.5. The lowest BCUT2D eigenvalue weighted by Crippen LogP contribution is -2.31. The number of benzene rings is 1. The molecule has 3 rings (SSSR count). The van der Waals surface area contributed by atoms with Gasteiger partial charge in [0.1, 0.15) is 5.82 Å². The van der Waals surface area contributed by atoms with E-state index in [0.29, 0.717) is 16.6 Å². The van der Waals surface area contributed by atoms with E-state index in [0.717, 1.165) is 0 Å². The molecular formula is C18H19N5O4. The summed E-state index contributed by atoms with van der Waals surface area (Å²) in [6, 6.07) is 8.26. The molecule has 1 atom stereocenters. The Hall–Kier alpha value is -3.49. The van der Waals surface area contributed by atoms with Crippen molar-refractivity contribution >= 4 is 28.5 Å². The van der Waals surface area contributed by atoms with E-state index in [-0.39, 0.29) is 11.7 Å². The van der Waals surface area contributed by atoms with E-state index in [9.17, 15) is 14.4 Å². The first kappa shape index (κ1) is 18.3. The number of aromatic amines is 1. The summed E-state index contributed by atoms with van der Waals surface area (Å²) < 4.78 is 6.87. The van der Waals surface area contributed by atoms with Crippen LogP contribution in [-0.2, 0) is 9.53 Å². The van der Waals surface area contributed by atoms with Crippen LogP contribution in [0.25, 0.3) is 10.8 Å². The lowest BCUT2D eigenvalue weighted by molar-refractivity contribution is -0.123. The van der Waals surface area contributed by atoms with Gasteiger partial charge in [-0.3, -0.25) is 9.59 Å². The van der Waals surface area contributed by atoms with Gasteiger partial charge < -0.3 is 10.1 Å². The van der Waals surface area contributed by atoms with Gasteiger partial charge in [-0.2, -0.15) is 10.2 Å². The van der Waals surface area contributed by atoms with E-state index < -0.39 is 23.5 Å². The number of rotatable bonds is 5. The zero-order chi connectivity index (χ0) is 19.6. The maximum atomic E-state index is 12.5. The molecule has 2 N–H and O–H groups in total. The summed E-state index contributed by atoms with van der Waals surface area (Å²) in [6.07, 6.45) is 0.503. The average molecular weight is 369 g/mol. The van der Waals surface area contributed by atoms with Crippen LogP contribution < -0.4 is 10.9 Å². The van der Waals surface area contributed by atoms with E-state index in [2.05, 4.69) is 20.6 Å². The molecule has 3 aromatic rings. The van der Waals surface area contributed by atoms with Crippen molar-refractivity contribution in [1.82, 2.24) is 20.0 Å². The van der Waals surface area contributed by atoms with Crippen molar-refractivity contribution in [3.05, 3.63) is 52.6 Å². The number of nitrogens with one attached hydrogen (secondary N) is 2. The van der Waals surface area contributed by atoms with Crippen LogP contribution in [0, 0.1) is 0 Å². The molecule has 0 radical (unpaired) electrons. The van der Waals surface area contributed by atoms with Crippen LogP contribution in [0.5, 0.6) is 0 Å². The molecule has 0 saturated carbocycles. The number of H-pyrrole nitrogens is 1. The highest BCUT2D eigenvalue weighted by molar-refractivity contribution is 6.03. The number of ether oxygens (including phenoxy) is 1. The first-order valence-corrected chi connectivity index (χ1v) is 8.41. The number of hydrogen-bond acceptors (Lipinski definition) is 6. The molecule has 0 aliphatic rings. The van der Waals surface area contributed by atoms with Crippen molar-refractivity contribution in [3.63, 3.8) is 0 Å². The van der Waals surface area contributed by atoms with Crippen LogP contribution in [0.1, 0.15) is 37.3 Å². The zero-order valence-electron chi connectivity index (χ0n) is 15.1. The minimum Gasteiger partial charge on any atom is -0.448 e. The van der Waals surface area contributed by atoms with Crippen molar-refractivity contribution in [2.24, 2.45) is 0 Å². The fourth-order valence-electron chi connectivity index (χ4n) is 2.59. The Morgan fingerprint density at radius 3 is 2.56 bits per heavy atom. The average Bonchev–Trinajstić information content (AvgIpc) is 3.10. The van der Waals surface area contributed by atoms with E-state index in [1.807, 2.05) is 13.8 Å². The van der Waals surface area contributed by atoms with Crippen molar-refractivity contribution < 1.29 is 14.3 Å². The molecule has 2 aromatic heterocycles. The predicted molar refractivity (Wildman–Crippen MR) is 98.5 cm³/mol. The molecule has 140 valence electrons. The highest BCUT2D eigenvalue weighted by Crippen LogP contribution is 2.16. The molecular weight excluding hydrogens is 350 g/mol. The molecule has 0 saturated heterocycles. The van der Waals surface area contributed by atoms with Gasteiger partial charge in [-0.15, -0.1) is 0 Å². The van der Waals surface area contributed by atoms with Crippen molar-refractivity contribution in [2.45, 2.75) is 32.9 Å². The Balaban J connectivity index is 1.76. The smallest absolute Gasteiger partial charge is 0.360 e. The lowest BCUT2D eigenvalue weighted by Gasteiger charge is -2.15. The monoisotopic (exact) mass is 369 g/mol. The predicted octanol–water partition coefficient (Wildman–Crippen LogP) is 1.88. The fourth-order valence-corrected chi connectivity index (χ4v) is 2.59. The third kappa shape index (κ3) is 3.71. The van der Waals surface area contributed by atoms with Crippen molar-refractivity contribution in [3.8, 4) is 0 Å². The second-order valence-corrected chi connectivity index (χ2v) is 6.24. The number of carbonyl (C=O) groups is 2. The molecule has 27 heavy (non-hydrogen) atoms. The van der Waals surface area contributed by atoms with Crippen LogP contribution >= 0.6 is 0 Å². The number of fused-ring (bicyclic) bond motifs is 1. The molecule has 0 bridgehead atoms. The molecule has 1 amide bonds. The summed E-state index contributed by atoms with van der Waals surface area (Å²) in [6.45, 7) is 5.31. The molecule has 0 aliphatic heterocycles. The Morgan fingerprint density at radius 2 is 1.85 bits per heavy atom. The highest BCUT2D eigenvalue weighted by Gasteiger charge is 2.23. The Labute approximate surface area is 154 Å². The van der Waals surface area contributed by atoms with Gasteiger partial charge in [0.25, 0.3) is 11.5 Å². The van der Waals surface area contributed by atoms with E-state index >= 15 is 0 Å². The normalized spacial score (nSPS) is 12.1. The van der Waals surface area contributed by atoms with Gasteiger partial charge in [-0.25, -0.2) is 14.6 Å². The quantitative estimate of drug-likeness (QED) is 0.663. The van der Waals surface area contributed by atoms with E-state index in [4.69, 9.17) is 4.74 Å². The largest absolute Gasteiger partial charge is 0.448 e. The molecule has 0 aliphatic carbocycles. The summed E-state index contributed by atoms with van der Waals surface area (Å²) in [5.74, 6) is -0.799. The number of aromatic nitrogens is 4. The SMILES string of the molecule is CC(C)n1nccc1NC(=O)[C@H](C)OC(=O)c1n[nH]c(=O)c2ccccc12. The molecule has 2 heterocycles. The number of anilines is 1. The first-order chi connectivity index (χ1) is 12.9. The summed E-state index contributed by atoms with van der Waals surface area (Å²) in [4.78, 5) is 36.6. The van der Waals surface area contributed by atoms with Crippen molar-refractivity contribution in [1.29, 1.82) is 0 Å². The number of amides is 1. The lowest BCUT2D eigenvalue weighted by atomic mass is 10.1. The first-order valence-electron chi connectivity index (χ1n) is 8.41. The van der Waals surface area contributed by atoms with Gasteiger partial charge in [0.15, 0.2) is 11.8 Å². The zero-order valence-corrected chi connectivity index (χ0v) is 15.1. The molecule has 9 nitrogen and oxygen atoms in total. The summed E-state index contributed by atoms with van der Waals surface area (Å²) in [5.41, 5.74) is -0.466. The van der Waals surface area contributed by atoms with Gasteiger partial charge in [0.05, 0.1) is 11.6 Å². The Kier molecular flexibility index (Phi) is 5.02. The molecule has 0 spiro atoms. The highest BCUT2D eigenvalue weighted by atomic mass is 16.5. The van der Waals surface area contributed by atoms with Crippen LogP contribution in [0.4, 0.5) is 5.82 Å². The number of carbonyl (C=O) groups excluding carboxylic acids is 2. The topological polar surface area (TPSA) is 119 Å². The summed E-state index contributed by atoms with van der Waals surface area (Å²) >= 11 is 0. The van der Waals surface area contributed by atoms with Gasteiger partial charge in [0, 0.05) is 17.5 Å². The van der Waals surface area contributed by atoms with Gasteiger partial charge in [0.2, 0.25) is 0 Å². The van der Waals surface area contributed by atoms with Crippen LogP contribution in [0.3, 0.4) is 0 Å². The number of hydrogen-bond donors (Lipinski definition) is 2. The number of esters is 1. The Morgan fingerprint density at radius 1 is 1.15 bits per heavy atom. The second-order valence-electron chi connectivity index (χ2n) is 6.24. The van der Waals surface area contributed by atoms with Crippen LogP contribution in [0.15, 0.2) is 41.3 Å². The molecule has 0 fully saturated rings. The Bertz CT molecular complexity index is 1050. The summed E-state index contributed by atoms with van der Waals surface area (Å²) in [7, 11) is 0.